The van der Waals surface area contributed by atoms with Gasteiger partial charge in [-0.3, -0.25) is 9.44 Å². The maximum Gasteiger partial charge on any atom is 0.261 e. The highest BCUT2D eigenvalue weighted by atomic mass is 32.2. The van der Waals surface area contributed by atoms with Crippen LogP contribution >= 0.6 is 0 Å². The van der Waals surface area contributed by atoms with Crippen LogP contribution in [-0.2, 0) is 20.0 Å². The SMILES string of the molecule is O=S(=O)([N-]c1ncccn1)c1ccc(NS(=O)(=O)c2ccc(F)cc2)cc1. The monoisotopic (exact) mass is 407 g/mol. The first-order valence-corrected chi connectivity index (χ1v) is 10.3. The zero-order valence-electron chi connectivity index (χ0n) is 13.5. The van der Waals surface area contributed by atoms with Crippen LogP contribution in [0, 0.1) is 5.82 Å². The third-order valence-electron chi connectivity index (χ3n) is 3.28. The van der Waals surface area contributed by atoms with Gasteiger partial charge in [-0.1, -0.05) is 6.07 Å². The van der Waals surface area contributed by atoms with Gasteiger partial charge in [0.25, 0.3) is 10.0 Å². The number of hydrogen-bond donors (Lipinski definition) is 1. The van der Waals surface area contributed by atoms with Crippen LogP contribution in [-0.4, -0.2) is 26.8 Å². The number of hydrogen-bond acceptors (Lipinski definition) is 6. The number of sulfonamides is 2. The molecule has 0 saturated carbocycles. The summed E-state index contributed by atoms with van der Waals surface area (Å²) in [5, 5.41) is 0. The summed E-state index contributed by atoms with van der Waals surface area (Å²) < 4.78 is 67.7. The first-order valence-electron chi connectivity index (χ1n) is 7.40. The summed E-state index contributed by atoms with van der Waals surface area (Å²) in [6.45, 7) is 0. The zero-order chi connectivity index (χ0) is 19.5. The van der Waals surface area contributed by atoms with Gasteiger partial charge in [-0.25, -0.2) is 21.2 Å². The van der Waals surface area contributed by atoms with E-state index in [1.54, 1.807) is 0 Å². The van der Waals surface area contributed by atoms with Crippen molar-refractivity contribution >= 4 is 31.7 Å². The van der Waals surface area contributed by atoms with E-state index in [1.807, 2.05) is 0 Å². The Labute approximate surface area is 155 Å². The molecule has 8 nitrogen and oxygen atoms in total. The van der Waals surface area contributed by atoms with Crippen LogP contribution in [0.4, 0.5) is 16.0 Å². The molecule has 3 aromatic rings. The minimum atomic E-state index is -4.05. The lowest BCUT2D eigenvalue weighted by atomic mass is 10.3. The molecule has 0 bridgehead atoms. The Bertz CT molecular complexity index is 1140. The Morgan fingerprint density at radius 1 is 0.815 bits per heavy atom. The number of nitrogens with one attached hydrogen (secondary N) is 1. The van der Waals surface area contributed by atoms with Crippen LogP contribution in [0.5, 0.6) is 0 Å². The molecule has 0 aliphatic carbocycles. The van der Waals surface area contributed by atoms with Crippen molar-refractivity contribution in [1.82, 2.24) is 9.97 Å². The first kappa shape index (κ1) is 18.7. The fourth-order valence-electron chi connectivity index (χ4n) is 2.02. The van der Waals surface area contributed by atoms with Crippen LogP contribution in [0.3, 0.4) is 0 Å². The maximum absolute atomic E-state index is 12.9. The lowest BCUT2D eigenvalue weighted by Crippen LogP contribution is -2.13. The molecule has 1 aromatic heterocycles. The minimum absolute atomic E-state index is 0.128. The Kier molecular flexibility index (Phi) is 5.06. The largest absolute Gasteiger partial charge is 0.366 e. The van der Waals surface area contributed by atoms with E-state index in [0.717, 1.165) is 24.3 Å². The van der Waals surface area contributed by atoms with Gasteiger partial charge in [0.05, 0.1) is 9.79 Å². The van der Waals surface area contributed by atoms with E-state index in [1.165, 1.54) is 42.7 Å². The average Bonchev–Trinajstić information content (AvgIpc) is 2.63. The molecular formula is C16H12FN4O4S2-. The predicted octanol–water partition coefficient (Wildman–Crippen LogP) is 2.81. The van der Waals surface area contributed by atoms with Gasteiger partial charge in [-0.05, 0) is 60.9 Å². The van der Waals surface area contributed by atoms with Crippen LogP contribution in [0.15, 0.2) is 76.8 Å². The van der Waals surface area contributed by atoms with Gasteiger partial charge >= 0.3 is 0 Å². The van der Waals surface area contributed by atoms with Crippen molar-refractivity contribution in [2.75, 3.05) is 4.72 Å². The van der Waals surface area contributed by atoms with Gasteiger partial charge in [-0.15, -0.1) is 0 Å². The van der Waals surface area contributed by atoms with E-state index in [9.17, 15) is 21.2 Å². The highest BCUT2D eigenvalue weighted by Crippen LogP contribution is 2.25. The number of aromatic nitrogens is 2. The number of rotatable bonds is 6. The van der Waals surface area contributed by atoms with Gasteiger partial charge in [0.1, 0.15) is 5.82 Å². The van der Waals surface area contributed by atoms with E-state index in [2.05, 4.69) is 19.4 Å². The van der Waals surface area contributed by atoms with E-state index < -0.39 is 25.9 Å². The number of halogens is 1. The van der Waals surface area contributed by atoms with E-state index >= 15 is 0 Å². The fourth-order valence-corrected chi connectivity index (χ4v) is 3.97. The highest BCUT2D eigenvalue weighted by molar-refractivity contribution is 7.94. The molecule has 3 rings (SSSR count). The van der Waals surface area contributed by atoms with Gasteiger partial charge in [0, 0.05) is 11.6 Å². The molecule has 11 heteroatoms. The van der Waals surface area contributed by atoms with Crippen molar-refractivity contribution < 1.29 is 21.2 Å². The van der Waals surface area contributed by atoms with Gasteiger partial charge in [0.15, 0.2) is 0 Å². The molecule has 0 atom stereocenters. The van der Waals surface area contributed by atoms with Crippen molar-refractivity contribution in [2.45, 2.75) is 9.79 Å². The van der Waals surface area contributed by atoms with E-state index in [0.29, 0.717) is 0 Å². The normalized spacial score (nSPS) is 11.7. The van der Waals surface area contributed by atoms with Crippen LogP contribution < -0.4 is 4.72 Å². The number of anilines is 1. The Balaban J connectivity index is 1.78. The second kappa shape index (κ2) is 7.29. The van der Waals surface area contributed by atoms with Crippen molar-refractivity contribution in [3.63, 3.8) is 0 Å². The average molecular weight is 407 g/mol. The minimum Gasteiger partial charge on any atom is -0.366 e. The Morgan fingerprint density at radius 2 is 1.37 bits per heavy atom. The van der Waals surface area contributed by atoms with Crippen molar-refractivity contribution in [3.8, 4) is 0 Å². The lowest BCUT2D eigenvalue weighted by molar-refractivity contribution is 0.599. The summed E-state index contributed by atoms with van der Waals surface area (Å²) in [5.74, 6) is -0.770. The molecule has 0 radical (unpaired) electrons. The third-order valence-corrected chi connectivity index (χ3v) is 5.95. The van der Waals surface area contributed by atoms with E-state index in [4.69, 9.17) is 0 Å². The van der Waals surface area contributed by atoms with E-state index in [-0.39, 0.29) is 21.4 Å². The molecule has 0 aliphatic rings. The predicted molar refractivity (Wildman–Crippen MR) is 95.9 cm³/mol. The molecule has 1 N–H and O–H groups in total. The smallest absolute Gasteiger partial charge is 0.261 e. The summed E-state index contributed by atoms with van der Waals surface area (Å²) in [6.07, 6.45) is 2.71. The molecule has 27 heavy (non-hydrogen) atoms. The second-order valence-electron chi connectivity index (χ2n) is 5.20. The van der Waals surface area contributed by atoms with Crippen LogP contribution in [0.1, 0.15) is 0 Å². The van der Waals surface area contributed by atoms with Gasteiger partial charge in [-0.2, -0.15) is 0 Å². The standard InChI is InChI=1S/C16H12FN4O4S2/c17-12-2-6-14(7-3-12)26(22,23)20-13-4-8-15(9-5-13)27(24,25)21-16-18-10-1-11-19-16/h1-11,20H/q-1. The molecule has 2 aromatic carbocycles. The fraction of sp³-hybridized carbons (Fsp3) is 0. The Morgan fingerprint density at radius 3 is 1.96 bits per heavy atom. The first-order chi connectivity index (χ1) is 12.8. The third kappa shape index (κ3) is 4.57. The van der Waals surface area contributed by atoms with Crippen molar-refractivity contribution in [1.29, 1.82) is 0 Å². The highest BCUT2D eigenvalue weighted by Gasteiger charge is 2.16. The maximum atomic E-state index is 12.9. The molecule has 1 heterocycles. The summed E-state index contributed by atoms with van der Waals surface area (Å²) >= 11 is 0. The molecule has 0 aliphatic heterocycles. The second-order valence-corrected chi connectivity index (χ2v) is 8.49. The van der Waals surface area contributed by atoms with Gasteiger partial charge < -0.3 is 9.97 Å². The topological polar surface area (TPSA) is 120 Å². The summed E-state index contributed by atoms with van der Waals surface area (Å²) in [4.78, 5) is 7.16. The zero-order valence-corrected chi connectivity index (χ0v) is 15.2. The summed E-state index contributed by atoms with van der Waals surface area (Å²) in [6, 6.07) is 10.8. The quantitative estimate of drug-likeness (QED) is 0.671. The molecule has 140 valence electrons. The van der Waals surface area contributed by atoms with Gasteiger partial charge in [0.2, 0.25) is 10.0 Å². The molecular weight excluding hydrogens is 395 g/mol. The summed E-state index contributed by atoms with van der Waals surface area (Å²) in [5.41, 5.74) is 0.134. The van der Waals surface area contributed by atoms with Crippen LogP contribution in [0.2, 0.25) is 0 Å². The lowest BCUT2D eigenvalue weighted by Gasteiger charge is -2.13. The van der Waals surface area contributed by atoms with Crippen molar-refractivity contribution in [3.05, 3.63) is 77.5 Å². The molecule has 0 amide bonds. The number of benzene rings is 2. The van der Waals surface area contributed by atoms with Crippen molar-refractivity contribution in [2.24, 2.45) is 0 Å². The molecule has 0 unspecified atom stereocenters. The molecule has 0 saturated heterocycles. The number of nitrogens with zero attached hydrogens (tertiary/aromatic N) is 3. The molecule has 0 fully saturated rings. The van der Waals surface area contributed by atoms with Crippen LogP contribution in [0.25, 0.3) is 4.72 Å². The molecule has 0 spiro atoms. The Hall–Kier alpha value is -3.05. The summed E-state index contributed by atoms with van der Waals surface area (Å²) in [7, 11) is -7.99.